The average molecular weight is 234 g/mol. The standard InChI is InChI=1S/C14H22N2O/c15-14-6-2-1-4-11-8-16(10-13(11)14)9-12-5-3-7-17-12/h8,10,12,14H,1-7,9,15H2. The third-order valence-electron chi connectivity index (χ3n) is 4.05. The van der Waals surface area contributed by atoms with Gasteiger partial charge in [0.2, 0.25) is 0 Å². The lowest BCUT2D eigenvalue weighted by molar-refractivity contribution is 0.0970. The van der Waals surface area contributed by atoms with Crippen LogP contribution in [-0.2, 0) is 17.7 Å². The Kier molecular flexibility index (Phi) is 3.21. The minimum Gasteiger partial charge on any atom is -0.376 e. The van der Waals surface area contributed by atoms with E-state index in [-0.39, 0.29) is 6.04 Å². The van der Waals surface area contributed by atoms with E-state index in [0.717, 1.165) is 19.6 Å². The molecule has 0 bridgehead atoms. The van der Waals surface area contributed by atoms with E-state index in [1.807, 2.05) is 0 Å². The molecule has 1 aliphatic carbocycles. The van der Waals surface area contributed by atoms with Crippen molar-refractivity contribution in [2.24, 2.45) is 5.73 Å². The van der Waals surface area contributed by atoms with E-state index in [0.29, 0.717) is 6.10 Å². The Morgan fingerprint density at radius 1 is 1.24 bits per heavy atom. The Morgan fingerprint density at radius 3 is 3.00 bits per heavy atom. The normalized spacial score (nSPS) is 29.0. The zero-order chi connectivity index (χ0) is 11.7. The molecule has 2 unspecified atom stereocenters. The van der Waals surface area contributed by atoms with Crippen LogP contribution in [0.1, 0.15) is 49.3 Å². The second-order valence-corrected chi connectivity index (χ2v) is 5.42. The van der Waals surface area contributed by atoms with Gasteiger partial charge in [-0.25, -0.2) is 0 Å². The summed E-state index contributed by atoms with van der Waals surface area (Å²) in [5.74, 6) is 0. The van der Waals surface area contributed by atoms with E-state index >= 15 is 0 Å². The van der Waals surface area contributed by atoms with Crippen molar-refractivity contribution in [3.63, 3.8) is 0 Å². The van der Waals surface area contributed by atoms with Crippen LogP contribution in [0.25, 0.3) is 0 Å². The summed E-state index contributed by atoms with van der Waals surface area (Å²) in [6.45, 7) is 1.94. The van der Waals surface area contributed by atoms with E-state index in [9.17, 15) is 0 Å². The molecule has 1 aromatic rings. The number of ether oxygens (including phenoxy) is 1. The molecule has 0 saturated carbocycles. The molecule has 0 amide bonds. The van der Waals surface area contributed by atoms with Crippen LogP contribution in [0, 0.1) is 0 Å². The fourth-order valence-corrected chi connectivity index (χ4v) is 3.08. The molecule has 0 spiro atoms. The maximum absolute atomic E-state index is 6.22. The number of hydrogen-bond acceptors (Lipinski definition) is 2. The molecule has 2 N–H and O–H groups in total. The van der Waals surface area contributed by atoms with Gasteiger partial charge in [0.25, 0.3) is 0 Å². The van der Waals surface area contributed by atoms with Gasteiger partial charge in [0.15, 0.2) is 0 Å². The largest absolute Gasteiger partial charge is 0.376 e. The van der Waals surface area contributed by atoms with Gasteiger partial charge in [-0.05, 0) is 43.2 Å². The number of nitrogens with zero attached hydrogens (tertiary/aromatic N) is 1. The van der Waals surface area contributed by atoms with Crippen LogP contribution in [0.4, 0.5) is 0 Å². The van der Waals surface area contributed by atoms with Crippen LogP contribution in [0.15, 0.2) is 12.4 Å². The molecule has 1 aromatic heterocycles. The predicted octanol–water partition coefficient (Wildman–Crippen LogP) is 2.39. The van der Waals surface area contributed by atoms with Crippen molar-refractivity contribution in [1.29, 1.82) is 0 Å². The van der Waals surface area contributed by atoms with E-state index in [1.54, 1.807) is 0 Å². The molecule has 0 radical (unpaired) electrons. The van der Waals surface area contributed by atoms with Crippen LogP contribution in [0.5, 0.6) is 0 Å². The monoisotopic (exact) mass is 234 g/mol. The number of hydrogen-bond donors (Lipinski definition) is 1. The summed E-state index contributed by atoms with van der Waals surface area (Å²) < 4.78 is 7.99. The minimum absolute atomic E-state index is 0.248. The highest BCUT2D eigenvalue weighted by molar-refractivity contribution is 5.28. The van der Waals surface area contributed by atoms with Gasteiger partial charge in [-0.2, -0.15) is 0 Å². The number of fused-ring (bicyclic) bond motifs is 1. The summed E-state index contributed by atoms with van der Waals surface area (Å²) in [7, 11) is 0. The van der Waals surface area contributed by atoms with Gasteiger partial charge < -0.3 is 15.0 Å². The lowest BCUT2D eigenvalue weighted by Gasteiger charge is -2.11. The molecule has 1 aliphatic heterocycles. The summed E-state index contributed by atoms with van der Waals surface area (Å²) in [4.78, 5) is 0. The van der Waals surface area contributed by atoms with Crippen molar-refractivity contribution in [2.75, 3.05) is 6.61 Å². The van der Waals surface area contributed by atoms with E-state index in [1.165, 1.54) is 43.2 Å². The van der Waals surface area contributed by atoms with Gasteiger partial charge in [-0.1, -0.05) is 6.42 Å². The van der Waals surface area contributed by atoms with Gasteiger partial charge in [0.1, 0.15) is 0 Å². The number of nitrogens with two attached hydrogens (primary N) is 1. The molecular formula is C14H22N2O. The van der Waals surface area contributed by atoms with Crippen molar-refractivity contribution in [3.8, 4) is 0 Å². The van der Waals surface area contributed by atoms with Crippen molar-refractivity contribution < 1.29 is 4.74 Å². The van der Waals surface area contributed by atoms with Gasteiger partial charge >= 0.3 is 0 Å². The molecule has 0 aromatic carbocycles. The first-order valence-electron chi connectivity index (χ1n) is 6.88. The fraction of sp³-hybridized carbons (Fsp3) is 0.714. The smallest absolute Gasteiger partial charge is 0.0754 e. The first-order chi connectivity index (χ1) is 8.33. The van der Waals surface area contributed by atoms with E-state index in [4.69, 9.17) is 10.5 Å². The highest BCUT2D eigenvalue weighted by Crippen LogP contribution is 2.28. The molecule has 2 heterocycles. The molecule has 2 atom stereocenters. The maximum atomic E-state index is 6.22. The van der Waals surface area contributed by atoms with Crippen molar-refractivity contribution in [2.45, 2.75) is 57.2 Å². The average Bonchev–Trinajstić information content (AvgIpc) is 2.92. The van der Waals surface area contributed by atoms with Crippen LogP contribution >= 0.6 is 0 Å². The van der Waals surface area contributed by atoms with Crippen molar-refractivity contribution in [3.05, 3.63) is 23.5 Å². The summed E-state index contributed by atoms with van der Waals surface area (Å²) in [6, 6.07) is 0.248. The maximum Gasteiger partial charge on any atom is 0.0754 e. The third kappa shape index (κ3) is 2.40. The van der Waals surface area contributed by atoms with Crippen LogP contribution in [-0.4, -0.2) is 17.3 Å². The van der Waals surface area contributed by atoms with Crippen LogP contribution in [0.2, 0.25) is 0 Å². The van der Waals surface area contributed by atoms with Gasteiger partial charge in [-0.15, -0.1) is 0 Å². The summed E-state index contributed by atoms with van der Waals surface area (Å²) in [5, 5.41) is 0. The third-order valence-corrected chi connectivity index (χ3v) is 4.05. The molecule has 1 saturated heterocycles. The second-order valence-electron chi connectivity index (χ2n) is 5.42. The molecule has 1 fully saturated rings. The number of rotatable bonds is 2. The Bertz CT molecular complexity index is 380. The first-order valence-corrected chi connectivity index (χ1v) is 6.88. The topological polar surface area (TPSA) is 40.2 Å². The molecule has 3 heteroatoms. The molecule has 2 aliphatic rings. The number of aryl methyl sites for hydroxylation is 1. The fourth-order valence-electron chi connectivity index (χ4n) is 3.08. The highest BCUT2D eigenvalue weighted by atomic mass is 16.5. The zero-order valence-electron chi connectivity index (χ0n) is 10.4. The van der Waals surface area contributed by atoms with Gasteiger partial charge in [0.05, 0.1) is 6.10 Å². The Hall–Kier alpha value is -0.800. The predicted molar refractivity (Wildman–Crippen MR) is 67.9 cm³/mol. The summed E-state index contributed by atoms with van der Waals surface area (Å²) >= 11 is 0. The molecule has 3 rings (SSSR count). The molecule has 94 valence electrons. The Balaban J connectivity index is 1.75. The Labute approximate surface area is 103 Å². The lowest BCUT2D eigenvalue weighted by atomic mass is 10.1. The molecular weight excluding hydrogens is 212 g/mol. The van der Waals surface area contributed by atoms with Crippen molar-refractivity contribution >= 4 is 0 Å². The summed E-state index contributed by atoms with van der Waals surface area (Å²) in [5.41, 5.74) is 9.06. The van der Waals surface area contributed by atoms with Crippen LogP contribution in [0.3, 0.4) is 0 Å². The second kappa shape index (κ2) is 4.83. The summed E-state index contributed by atoms with van der Waals surface area (Å²) in [6.07, 6.45) is 12.3. The number of aromatic nitrogens is 1. The van der Waals surface area contributed by atoms with Crippen molar-refractivity contribution in [1.82, 2.24) is 4.57 Å². The van der Waals surface area contributed by atoms with E-state index < -0.39 is 0 Å². The SMILES string of the molecule is NC1CCCCc2cn(CC3CCCO3)cc21. The molecule has 17 heavy (non-hydrogen) atoms. The molecule has 3 nitrogen and oxygen atoms in total. The zero-order valence-corrected chi connectivity index (χ0v) is 10.4. The van der Waals surface area contributed by atoms with Crippen LogP contribution < -0.4 is 5.73 Å². The van der Waals surface area contributed by atoms with Gasteiger partial charge in [0, 0.05) is 31.6 Å². The highest BCUT2D eigenvalue weighted by Gasteiger charge is 2.20. The van der Waals surface area contributed by atoms with E-state index in [2.05, 4.69) is 17.0 Å². The lowest BCUT2D eigenvalue weighted by Crippen LogP contribution is -2.14. The minimum atomic E-state index is 0.248. The Morgan fingerprint density at radius 2 is 2.18 bits per heavy atom. The first kappa shape index (κ1) is 11.3. The van der Waals surface area contributed by atoms with Gasteiger partial charge in [-0.3, -0.25) is 0 Å². The quantitative estimate of drug-likeness (QED) is 0.798.